The van der Waals surface area contributed by atoms with Gasteiger partial charge in [0, 0.05) is 29.3 Å². The summed E-state index contributed by atoms with van der Waals surface area (Å²) in [7, 11) is 1.87. The average Bonchev–Trinajstić information content (AvgIpc) is 2.14. The van der Waals surface area contributed by atoms with Crippen molar-refractivity contribution in [1.82, 2.24) is 10.2 Å². The number of hydrogen-bond donors (Lipinski definition) is 1. The van der Waals surface area contributed by atoms with Gasteiger partial charge >= 0.3 is 0 Å². The summed E-state index contributed by atoms with van der Waals surface area (Å²) in [6.45, 7) is 1.82. The first-order chi connectivity index (χ1) is 7.18. The molecule has 0 aromatic heterocycles. The van der Waals surface area contributed by atoms with E-state index in [1.165, 1.54) is 0 Å². The SMILES string of the molecule is CN(C(=O)c1cccc(I)c1)C1CNC1.Cl. The fraction of sp³-hybridized carbons (Fsp3) is 0.364. The molecule has 0 spiro atoms. The largest absolute Gasteiger partial charge is 0.336 e. The van der Waals surface area contributed by atoms with Crippen molar-refractivity contribution in [3.63, 3.8) is 0 Å². The molecule has 0 saturated carbocycles. The van der Waals surface area contributed by atoms with E-state index in [1.54, 1.807) is 0 Å². The number of likely N-dealkylation sites (N-methyl/N-ethyl adjacent to an activating group) is 1. The van der Waals surface area contributed by atoms with E-state index >= 15 is 0 Å². The number of carbonyl (C=O) groups excluding carboxylic acids is 1. The first kappa shape index (κ1) is 13.7. The molecule has 88 valence electrons. The highest BCUT2D eigenvalue weighted by Crippen LogP contribution is 2.12. The number of nitrogens with one attached hydrogen (secondary N) is 1. The van der Waals surface area contributed by atoms with Crippen LogP contribution >= 0.6 is 35.0 Å². The van der Waals surface area contributed by atoms with Gasteiger partial charge in [0.05, 0.1) is 6.04 Å². The third-order valence-electron chi connectivity index (χ3n) is 2.70. The first-order valence-electron chi connectivity index (χ1n) is 4.92. The lowest BCUT2D eigenvalue weighted by atomic mass is 10.1. The lowest BCUT2D eigenvalue weighted by Crippen LogP contribution is -2.57. The molecule has 1 amide bonds. The Hall–Kier alpha value is -0.330. The van der Waals surface area contributed by atoms with Gasteiger partial charge in [-0.2, -0.15) is 0 Å². The highest BCUT2D eigenvalue weighted by Gasteiger charge is 2.25. The molecule has 0 aliphatic carbocycles. The molecule has 0 radical (unpaired) electrons. The second kappa shape index (κ2) is 5.84. The van der Waals surface area contributed by atoms with Gasteiger partial charge in [-0.05, 0) is 40.8 Å². The van der Waals surface area contributed by atoms with Gasteiger partial charge in [0.1, 0.15) is 0 Å². The minimum atomic E-state index is 0. The van der Waals surface area contributed by atoms with Crippen LogP contribution in [0.15, 0.2) is 24.3 Å². The van der Waals surface area contributed by atoms with Gasteiger partial charge < -0.3 is 10.2 Å². The third kappa shape index (κ3) is 2.87. The number of halogens is 2. The van der Waals surface area contributed by atoms with Crippen molar-refractivity contribution in [2.45, 2.75) is 6.04 Å². The fourth-order valence-electron chi connectivity index (χ4n) is 1.54. The molecule has 2 rings (SSSR count). The van der Waals surface area contributed by atoms with E-state index in [2.05, 4.69) is 27.9 Å². The highest BCUT2D eigenvalue weighted by atomic mass is 127. The zero-order valence-corrected chi connectivity index (χ0v) is 11.9. The number of rotatable bonds is 2. The minimum Gasteiger partial charge on any atom is -0.336 e. The Balaban J connectivity index is 0.00000128. The quantitative estimate of drug-likeness (QED) is 0.823. The summed E-state index contributed by atoms with van der Waals surface area (Å²) in [4.78, 5) is 13.8. The smallest absolute Gasteiger partial charge is 0.253 e. The number of carbonyl (C=O) groups is 1. The van der Waals surface area contributed by atoms with E-state index in [0.29, 0.717) is 6.04 Å². The van der Waals surface area contributed by atoms with Crippen LogP contribution in [0.3, 0.4) is 0 Å². The highest BCUT2D eigenvalue weighted by molar-refractivity contribution is 14.1. The molecule has 1 fully saturated rings. The van der Waals surface area contributed by atoms with Crippen LogP contribution in [-0.2, 0) is 0 Å². The summed E-state index contributed by atoms with van der Waals surface area (Å²) in [5, 5.41) is 3.16. The Morgan fingerprint density at radius 3 is 2.69 bits per heavy atom. The van der Waals surface area contributed by atoms with Crippen molar-refractivity contribution in [3.05, 3.63) is 33.4 Å². The van der Waals surface area contributed by atoms with Crippen LogP contribution in [0.4, 0.5) is 0 Å². The summed E-state index contributed by atoms with van der Waals surface area (Å²) in [5.74, 6) is 0.111. The first-order valence-corrected chi connectivity index (χ1v) is 6.00. The Kier molecular flexibility index (Phi) is 5.01. The van der Waals surface area contributed by atoms with E-state index in [1.807, 2.05) is 36.2 Å². The molecule has 3 nitrogen and oxygen atoms in total. The van der Waals surface area contributed by atoms with Gasteiger partial charge in [-0.1, -0.05) is 6.07 Å². The lowest BCUT2D eigenvalue weighted by molar-refractivity contribution is 0.0681. The van der Waals surface area contributed by atoms with Gasteiger partial charge in [0.2, 0.25) is 0 Å². The standard InChI is InChI=1S/C11H13IN2O.ClH/c1-14(10-6-13-7-10)11(15)8-3-2-4-9(12)5-8;/h2-5,10,13H,6-7H2,1H3;1H. The van der Waals surface area contributed by atoms with Crippen molar-refractivity contribution in [1.29, 1.82) is 0 Å². The normalized spacial score (nSPS) is 14.9. The van der Waals surface area contributed by atoms with Crippen LogP contribution in [0, 0.1) is 3.57 Å². The summed E-state index contributed by atoms with van der Waals surface area (Å²) in [6, 6.07) is 8.05. The zero-order chi connectivity index (χ0) is 10.8. The molecule has 0 atom stereocenters. The lowest BCUT2D eigenvalue weighted by Gasteiger charge is -2.35. The van der Waals surface area contributed by atoms with Gasteiger partial charge in [-0.25, -0.2) is 0 Å². The predicted molar refractivity (Wildman–Crippen MR) is 75.2 cm³/mol. The maximum Gasteiger partial charge on any atom is 0.253 e. The maximum atomic E-state index is 12.0. The molecule has 1 aromatic rings. The second-order valence-electron chi connectivity index (χ2n) is 3.74. The number of benzene rings is 1. The Bertz CT molecular complexity index is 382. The summed E-state index contributed by atoms with van der Waals surface area (Å²) in [5.41, 5.74) is 0.774. The van der Waals surface area contributed by atoms with Crippen LogP contribution in [0.1, 0.15) is 10.4 Å². The zero-order valence-electron chi connectivity index (χ0n) is 8.94. The van der Waals surface area contributed by atoms with Crippen molar-refractivity contribution in [3.8, 4) is 0 Å². The molecule has 1 aliphatic heterocycles. The monoisotopic (exact) mass is 352 g/mol. The van der Waals surface area contributed by atoms with E-state index in [4.69, 9.17) is 0 Å². The molecule has 1 heterocycles. The average molecular weight is 353 g/mol. The van der Waals surface area contributed by atoms with Gasteiger partial charge in [-0.3, -0.25) is 4.79 Å². The van der Waals surface area contributed by atoms with Gasteiger partial charge in [0.25, 0.3) is 5.91 Å². The summed E-state index contributed by atoms with van der Waals surface area (Å²) in [6.07, 6.45) is 0. The molecule has 1 aromatic carbocycles. The summed E-state index contributed by atoms with van der Waals surface area (Å²) < 4.78 is 1.10. The van der Waals surface area contributed by atoms with Crippen LogP contribution in [0.2, 0.25) is 0 Å². The molecular weight excluding hydrogens is 338 g/mol. The molecule has 0 unspecified atom stereocenters. The van der Waals surface area contributed by atoms with E-state index in [-0.39, 0.29) is 18.3 Å². The van der Waals surface area contributed by atoms with Crippen molar-refractivity contribution in [2.75, 3.05) is 20.1 Å². The second-order valence-corrected chi connectivity index (χ2v) is 4.98. The van der Waals surface area contributed by atoms with E-state index in [9.17, 15) is 4.79 Å². The number of amides is 1. The molecule has 1 saturated heterocycles. The maximum absolute atomic E-state index is 12.0. The fourth-order valence-corrected chi connectivity index (χ4v) is 2.08. The van der Waals surface area contributed by atoms with E-state index < -0.39 is 0 Å². The topological polar surface area (TPSA) is 32.3 Å². The van der Waals surface area contributed by atoms with Crippen LogP contribution in [-0.4, -0.2) is 37.0 Å². The van der Waals surface area contributed by atoms with E-state index in [0.717, 1.165) is 22.2 Å². The van der Waals surface area contributed by atoms with Gasteiger partial charge in [-0.15, -0.1) is 12.4 Å². The molecule has 0 bridgehead atoms. The molecule has 16 heavy (non-hydrogen) atoms. The van der Waals surface area contributed by atoms with Crippen LogP contribution in [0.5, 0.6) is 0 Å². The number of nitrogens with zero attached hydrogens (tertiary/aromatic N) is 1. The molecule has 5 heteroatoms. The molecular formula is C11H14ClIN2O. The molecule has 1 aliphatic rings. The summed E-state index contributed by atoms with van der Waals surface area (Å²) >= 11 is 2.22. The molecule has 1 N–H and O–H groups in total. The number of hydrogen-bond acceptors (Lipinski definition) is 2. The third-order valence-corrected chi connectivity index (χ3v) is 3.37. The van der Waals surface area contributed by atoms with Crippen LogP contribution < -0.4 is 5.32 Å². The Morgan fingerprint density at radius 1 is 1.50 bits per heavy atom. The minimum absolute atomic E-state index is 0. The Morgan fingerprint density at radius 2 is 2.19 bits per heavy atom. The van der Waals surface area contributed by atoms with Crippen molar-refractivity contribution < 1.29 is 4.79 Å². The predicted octanol–water partition coefficient (Wildman–Crippen LogP) is 1.76. The van der Waals surface area contributed by atoms with Crippen LogP contribution in [0.25, 0.3) is 0 Å². The Labute approximate surface area is 115 Å². The van der Waals surface area contributed by atoms with Crippen molar-refractivity contribution >= 4 is 40.9 Å². The van der Waals surface area contributed by atoms with Gasteiger partial charge in [0.15, 0.2) is 0 Å². The van der Waals surface area contributed by atoms with Crippen molar-refractivity contribution in [2.24, 2.45) is 0 Å².